The Bertz CT molecular complexity index is 795. The average Bonchev–Trinajstić information content (AvgIpc) is 2.65. The van der Waals surface area contributed by atoms with Crippen molar-refractivity contribution in [2.45, 2.75) is 33.4 Å². The van der Waals surface area contributed by atoms with Gasteiger partial charge in [0, 0.05) is 18.1 Å². The van der Waals surface area contributed by atoms with Gasteiger partial charge >= 0.3 is 0 Å². The third-order valence-electron chi connectivity index (χ3n) is 4.17. The van der Waals surface area contributed by atoms with Crippen LogP contribution < -0.4 is 10.1 Å². The third kappa shape index (κ3) is 6.00. The summed E-state index contributed by atoms with van der Waals surface area (Å²) < 4.78 is 5.63. The molecule has 0 aliphatic rings. The summed E-state index contributed by atoms with van der Waals surface area (Å²) in [4.78, 5) is 26.6. The number of carbonyl (C=O) groups is 2. The highest BCUT2D eigenvalue weighted by molar-refractivity contribution is 6.31. The Hall–Kier alpha value is -2.53. The van der Waals surface area contributed by atoms with Crippen molar-refractivity contribution < 1.29 is 14.3 Å². The summed E-state index contributed by atoms with van der Waals surface area (Å²) in [5, 5.41) is 3.31. The zero-order valence-electron chi connectivity index (χ0n) is 15.9. The number of carbonyl (C=O) groups excluding carboxylic acids is 2. The molecule has 2 amide bonds. The summed E-state index contributed by atoms with van der Waals surface area (Å²) in [6, 6.07) is 14.1. The molecule has 144 valence electrons. The lowest BCUT2D eigenvalue weighted by molar-refractivity contribution is -0.142. The summed E-state index contributed by atoms with van der Waals surface area (Å²) in [5.41, 5.74) is 1.82. The van der Waals surface area contributed by atoms with Crippen molar-refractivity contribution in [3.63, 3.8) is 0 Å². The van der Waals surface area contributed by atoms with Gasteiger partial charge in [-0.2, -0.15) is 0 Å². The number of halogens is 1. The van der Waals surface area contributed by atoms with Crippen LogP contribution in [0.1, 0.15) is 25.0 Å². The van der Waals surface area contributed by atoms with Crippen LogP contribution in [-0.2, 0) is 16.1 Å². The monoisotopic (exact) mass is 388 g/mol. The van der Waals surface area contributed by atoms with Crippen LogP contribution in [0.15, 0.2) is 48.5 Å². The van der Waals surface area contributed by atoms with Gasteiger partial charge in [-0.1, -0.05) is 41.9 Å². The molecule has 1 unspecified atom stereocenters. The van der Waals surface area contributed by atoms with Gasteiger partial charge in [-0.05, 0) is 50.1 Å². The van der Waals surface area contributed by atoms with Crippen molar-refractivity contribution in [3.8, 4) is 5.75 Å². The predicted octanol–water partition coefficient (Wildman–Crippen LogP) is 3.58. The number of benzene rings is 2. The predicted molar refractivity (Wildman–Crippen MR) is 107 cm³/mol. The van der Waals surface area contributed by atoms with Crippen molar-refractivity contribution in [3.05, 3.63) is 64.7 Å². The molecular formula is C21H25ClN2O3. The topological polar surface area (TPSA) is 58.6 Å². The van der Waals surface area contributed by atoms with Crippen LogP contribution in [0.3, 0.4) is 0 Å². The number of amides is 2. The summed E-state index contributed by atoms with van der Waals surface area (Å²) >= 11 is 6.24. The Balaban J connectivity index is 2.15. The molecule has 0 bridgehead atoms. The van der Waals surface area contributed by atoms with Crippen molar-refractivity contribution in [1.29, 1.82) is 0 Å². The molecule has 27 heavy (non-hydrogen) atoms. The normalized spacial score (nSPS) is 11.6. The molecule has 0 aromatic heterocycles. The minimum Gasteiger partial charge on any atom is -0.484 e. The van der Waals surface area contributed by atoms with Crippen molar-refractivity contribution >= 4 is 23.4 Å². The fourth-order valence-corrected chi connectivity index (χ4v) is 2.84. The Labute approximate surface area is 165 Å². The Kier molecular flexibility index (Phi) is 7.67. The van der Waals surface area contributed by atoms with E-state index in [2.05, 4.69) is 5.32 Å². The summed E-state index contributed by atoms with van der Waals surface area (Å²) in [6.07, 6.45) is 0. The first-order valence-corrected chi connectivity index (χ1v) is 9.30. The number of nitrogens with zero attached hydrogens (tertiary/aromatic N) is 1. The van der Waals surface area contributed by atoms with Gasteiger partial charge in [-0.15, -0.1) is 0 Å². The number of nitrogens with one attached hydrogen (secondary N) is 1. The maximum atomic E-state index is 12.8. The lowest BCUT2D eigenvalue weighted by atomic mass is 10.1. The third-order valence-corrected chi connectivity index (χ3v) is 4.54. The van der Waals surface area contributed by atoms with Crippen LogP contribution in [0.2, 0.25) is 5.02 Å². The van der Waals surface area contributed by atoms with Gasteiger partial charge in [0.15, 0.2) is 6.61 Å². The number of rotatable bonds is 8. The molecular weight excluding hydrogens is 364 g/mol. The zero-order chi connectivity index (χ0) is 19.8. The van der Waals surface area contributed by atoms with Crippen molar-refractivity contribution in [1.82, 2.24) is 10.2 Å². The van der Waals surface area contributed by atoms with Crippen LogP contribution in [-0.4, -0.2) is 35.9 Å². The van der Waals surface area contributed by atoms with Gasteiger partial charge in [0.2, 0.25) is 5.91 Å². The van der Waals surface area contributed by atoms with Gasteiger partial charge in [-0.25, -0.2) is 0 Å². The van der Waals surface area contributed by atoms with E-state index < -0.39 is 6.04 Å². The quantitative estimate of drug-likeness (QED) is 0.751. The van der Waals surface area contributed by atoms with E-state index >= 15 is 0 Å². The SMILES string of the molecule is CCNC(=O)C(C)N(Cc1ccccc1Cl)C(=O)COc1cccc(C)c1. The van der Waals surface area contributed by atoms with Gasteiger partial charge < -0.3 is 15.0 Å². The summed E-state index contributed by atoms with van der Waals surface area (Å²) in [6.45, 7) is 6.07. The Morgan fingerprint density at radius 2 is 1.93 bits per heavy atom. The first-order chi connectivity index (χ1) is 12.9. The molecule has 0 fully saturated rings. The van der Waals surface area contributed by atoms with E-state index in [1.807, 2.05) is 50.2 Å². The van der Waals surface area contributed by atoms with Crippen molar-refractivity contribution in [2.24, 2.45) is 0 Å². The molecule has 2 aromatic carbocycles. The molecule has 2 rings (SSSR count). The summed E-state index contributed by atoms with van der Waals surface area (Å²) in [7, 11) is 0. The van der Waals surface area contributed by atoms with Gasteiger partial charge in [0.25, 0.3) is 5.91 Å². The minimum absolute atomic E-state index is 0.155. The van der Waals surface area contributed by atoms with Crippen LogP contribution in [0.25, 0.3) is 0 Å². The molecule has 0 aliphatic heterocycles. The smallest absolute Gasteiger partial charge is 0.261 e. The van der Waals surface area contributed by atoms with E-state index in [-0.39, 0.29) is 25.0 Å². The van der Waals surface area contributed by atoms with E-state index in [1.165, 1.54) is 4.90 Å². The van der Waals surface area contributed by atoms with E-state index in [0.717, 1.165) is 11.1 Å². The molecule has 0 spiro atoms. The van der Waals surface area contributed by atoms with E-state index in [9.17, 15) is 9.59 Å². The molecule has 6 heteroatoms. The maximum absolute atomic E-state index is 12.8. The Morgan fingerprint density at radius 1 is 1.19 bits per heavy atom. The molecule has 1 atom stereocenters. The van der Waals surface area contributed by atoms with E-state index in [0.29, 0.717) is 17.3 Å². The molecule has 0 radical (unpaired) electrons. The van der Waals surface area contributed by atoms with Gasteiger partial charge in [0.05, 0.1) is 0 Å². The molecule has 2 aromatic rings. The Morgan fingerprint density at radius 3 is 2.59 bits per heavy atom. The fraction of sp³-hybridized carbons (Fsp3) is 0.333. The second kappa shape index (κ2) is 9.97. The minimum atomic E-state index is -0.644. The highest BCUT2D eigenvalue weighted by atomic mass is 35.5. The number of hydrogen-bond acceptors (Lipinski definition) is 3. The molecule has 0 saturated heterocycles. The molecule has 0 heterocycles. The second-order valence-corrected chi connectivity index (χ2v) is 6.70. The van der Waals surface area contributed by atoms with E-state index in [1.54, 1.807) is 19.1 Å². The number of likely N-dealkylation sites (N-methyl/N-ethyl adjacent to an activating group) is 1. The fourth-order valence-electron chi connectivity index (χ4n) is 2.65. The second-order valence-electron chi connectivity index (χ2n) is 6.29. The largest absolute Gasteiger partial charge is 0.484 e. The van der Waals surface area contributed by atoms with Gasteiger partial charge in [0.1, 0.15) is 11.8 Å². The summed E-state index contributed by atoms with van der Waals surface area (Å²) in [5.74, 6) is 0.121. The number of aryl methyl sites for hydroxylation is 1. The van der Waals surface area contributed by atoms with Crippen LogP contribution in [0.5, 0.6) is 5.75 Å². The molecule has 0 saturated carbocycles. The lowest BCUT2D eigenvalue weighted by Crippen LogP contribution is -2.49. The first-order valence-electron chi connectivity index (χ1n) is 8.92. The highest BCUT2D eigenvalue weighted by Crippen LogP contribution is 2.19. The molecule has 1 N–H and O–H groups in total. The lowest BCUT2D eigenvalue weighted by Gasteiger charge is -2.29. The molecule has 5 nitrogen and oxygen atoms in total. The standard InChI is InChI=1S/C21H25ClN2O3/c1-4-23-21(26)16(3)24(13-17-9-5-6-11-19(17)22)20(25)14-27-18-10-7-8-15(2)12-18/h5-12,16H,4,13-14H2,1-3H3,(H,23,26). The number of hydrogen-bond donors (Lipinski definition) is 1. The number of ether oxygens (including phenoxy) is 1. The van der Waals surface area contributed by atoms with Gasteiger partial charge in [-0.3, -0.25) is 9.59 Å². The highest BCUT2D eigenvalue weighted by Gasteiger charge is 2.26. The maximum Gasteiger partial charge on any atom is 0.261 e. The van der Waals surface area contributed by atoms with E-state index in [4.69, 9.17) is 16.3 Å². The average molecular weight is 389 g/mol. The molecule has 0 aliphatic carbocycles. The van der Waals surface area contributed by atoms with Crippen molar-refractivity contribution in [2.75, 3.05) is 13.2 Å². The van der Waals surface area contributed by atoms with Crippen LogP contribution >= 0.6 is 11.6 Å². The van der Waals surface area contributed by atoms with Crippen LogP contribution in [0.4, 0.5) is 0 Å². The first kappa shape index (κ1) is 20.8. The van der Waals surface area contributed by atoms with Crippen LogP contribution in [0, 0.1) is 6.92 Å². The zero-order valence-corrected chi connectivity index (χ0v) is 16.6.